The van der Waals surface area contributed by atoms with Crippen molar-refractivity contribution in [1.82, 2.24) is 0 Å². The molecular weight excluding hydrogens is 480 g/mol. The van der Waals surface area contributed by atoms with Gasteiger partial charge in [-0.1, -0.05) is 42.5 Å². The normalized spacial score (nSPS) is 27.0. The average molecular weight is 509 g/mol. The van der Waals surface area contributed by atoms with Crippen LogP contribution in [0.4, 0.5) is 0 Å². The quantitative estimate of drug-likeness (QED) is 0.340. The molecule has 3 N–H and O–H groups in total. The molecule has 194 valence electrons. The number of benzene rings is 3. The average Bonchev–Trinajstić information content (AvgIpc) is 3.01. The molecule has 5 rings (SSSR count). The monoisotopic (exact) mass is 508 g/mol. The molecule has 1 aliphatic heterocycles. The van der Waals surface area contributed by atoms with E-state index in [0.29, 0.717) is 22.6 Å². The Morgan fingerprint density at radius 1 is 0.838 bits per heavy atom. The molecule has 9 nitrogen and oxygen atoms in total. The first-order chi connectivity index (χ1) is 17.7. The standard InChI is InChI=1S/C28H28O9/c1-33-18-12-10-17(11-13-18)27-22(16-8-6-5-7-9-16)24(25(29)36-4)26(30,28(27,31)32)23-20(35-3)14-19(34-2)15-21(23)37-27/h5-15,22,24,30-32H,1-4H3/t22-,24+,26+,27+/m1/s1. The molecule has 3 aromatic rings. The first-order valence-electron chi connectivity index (χ1n) is 11.6. The summed E-state index contributed by atoms with van der Waals surface area (Å²) >= 11 is 0. The number of carbonyl (C=O) groups is 1. The van der Waals surface area contributed by atoms with Crippen LogP contribution in [0.15, 0.2) is 66.7 Å². The summed E-state index contributed by atoms with van der Waals surface area (Å²) < 4.78 is 27.9. The van der Waals surface area contributed by atoms with Crippen LogP contribution in [0.25, 0.3) is 0 Å². The summed E-state index contributed by atoms with van der Waals surface area (Å²) in [6.45, 7) is 0. The van der Waals surface area contributed by atoms with Gasteiger partial charge < -0.3 is 39.0 Å². The number of hydrogen-bond acceptors (Lipinski definition) is 9. The SMILES string of the molecule is COC(=O)[C@@H]1[C@@H](c2ccccc2)[C@]2(c3ccc(OC)cc3)Oc3cc(OC)cc(OC)c3[C@@]1(O)C2(O)O. The lowest BCUT2D eigenvalue weighted by Gasteiger charge is -2.50. The smallest absolute Gasteiger partial charge is 0.312 e. The lowest BCUT2D eigenvalue weighted by molar-refractivity contribution is -0.341. The maximum absolute atomic E-state index is 13.5. The third-order valence-electron chi connectivity index (χ3n) is 7.55. The van der Waals surface area contributed by atoms with Crippen molar-refractivity contribution in [2.45, 2.75) is 22.9 Å². The van der Waals surface area contributed by atoms with Crippen LogP contribution in [0.3, 0.4) is 0 Å². The first-order valence-corrected chi connectivity index (χ1v) is 11.6. The van der Waals surface area contributed by atoms with Crippen molar-refractivity contribution in [3.8, 4) is 23.0 Å². The summed E-state index contributed by atoms with van der Waals surface area (Å²) in [6, 6.07) is 18.2. The van der Waals surface area contributed by atoms with Crippen molar-refractivity contribution in [2.24, 2.45) is 5.92 Å². The topological polar surface area (TPSA) is 124 Å². The minimum absolute atomic E-state index is 0.0512. The molecule has 1 aliphatic carbocycles. The number of carbonyl (C=O) groups excluding carboxylic acids is 1. The minimum Gasteiger partial charge on any atom is -0.497 e. The third-order valence-corrected chi connectivity index (χ3v) is 7.55. The third kappa shape index (κ3) is 3.11. The van der Waals surface area contributed by atoms with Gasteiger partial charge in [-0.3, -0.25) is 4.79 Å². The van der Waals surface area contributed by atoms with Crippen molar-refractivity contribution in [3.05, 3.63) is 83.4 Å². The molecule has 4 atom stereocenters. The highest BCUT2D eigenvalue weighted by Crippen LogP contribution is 2.71. The number of aliphatic hydroxyl groups is 3. The summed E-state index contributed by atoms with van der Waals surface area (Å²) in [5.41, 5.74) is -3.97. The Bertz CT molecular complexity index is 1320. The Morgan fingerprint density at radius 2 is 1.49 bits per heavy atom. The first kappa shape index (κ1) is 24.9. The van der Waals surface area contributed by atoms with Crippen LogP contribution >= 0.6 is 0 Å². The van der Waals surface area contributed by atoms with E-state index < -0.39 is 34.8 Å². The van der Waals surface area contributed by atoms with Crippen LogP contribution in [-0.4, -0.2) is 55.5 Å². The zero-order chi connectivity index (χ0) is 26.6. The molecule has 1 saturated carbocycles. The summed E-state index contributed by atoms with van der Waals surface area (Å²) in [6.07, 6.45) is 0. The second-order valence-corrected chi connectivity index (χ2v) is 9.10. The van der Waals surface area contributed by atoms with E-state index in [0.717, 1.165) is 0 Å². The van der Waals surface area contributed by atoms with E-state index in [1.54, 1.807) is 54.6 Å². The molecule has 3 aromatic carbocycles. The summed E-state index contributed by atoms with van der Waals surface area (Å²) in [7, 11) is 5.51. The zero-order valence-electron chi connectivity index (χ0n) is 20.8. The molecule has 2 aliphatic rings. The fourth-order valence-electron chi connectivity index (χ4n) is 5.93. The largest absolute Gasteiger partial charge is 0.497 e. The number of rotatable bonds is 6. The number of hydrogen-bond donors (Lipinski definition) is 3. The van der Waals surface area contributed by atoms with Crippen LogP contribution in [0.1, 0.15) is 22.6 Å². The second kappa shape index (κ2) is 8.65. The van der Waals surface area contributed by atoms with E-state index in [1.807, 2.05) is 0 Å². The van der Waals surface area contributed by atoms with Crippen molar-refractivity contribution in [3.63, 3.8) is 0 Å². The van der Waals surface area contributed by atoms with E-state index >= 15 is 0 Å². The number of esters is 1. The van der Waals surface area contributed by atoms with Gasteiger partial charge in [0.1, 0.15) is 28.9 Å². The van der Waals surface area contributed by atoms with Gasteiger partial charge in [-0.2, -0.15) is 0 Å². The van der Waals surface area contributed by atoms with Gasteiger partial charge in [-0.25, -0.2) is 0 Å². The number of ether oxygens (including phenoxy) is 5. The van der Waals surface area contributed by atoms with Crippen LogP contribution < -0.4 is 18.9 Å². The molecule has 0 unspecified atom stereocenters. The van der Waals surface area contributed by atoms with Gasteiger partial charge in [0.15, 0.2) is 11.2 Å². The van der Waals surface area contributed by atoms with Gasteiger partial charge >= 0.3 is 5.97 Å². The molecule has 1 fully saturated rings. The number of methoxy groups -OCH3 is 4. The molecule has 2 bridgehead atoms. The highest BCUT2D eigenvalue weighted by atomic mass is 16.6. The van der Waals surface area contributed by atoms with Crippen molar-refractivity contribution < 1.29 is 43.8 Å². The zero-order valence-corrected chi connectivity index (χ0v) is 20.8. The Morgan fingerprint density at radius 3 is 2.05 bits per heavy atom. The maximum Gasteiger partial charge on any atom is 0.312 e. The molecule has 0 aromatic heterocycles. The lowest BCUT2D eigenvalue weighted by atomic mass is 9.74. The Labute approximate surface area is 213 Å². The van der Waals surface area contributed by atoms with Crippen molar-refractivity contribution >= 4 is 5.97 Å². The highest BCUT2D eigenvalue weighted by Gasteiger charge is 2.84. The molecule has 37 heavy (non-hydrogen) atoms. The van der Waals surface area contributed by atoms with Crippen LogP contribution in [-0.2, 0) is 20.7 Å². The van der Waals surface area contributed by atoms with E-state index in [1.165, 1.54) is 40.6 Å². The molecule has 0 radical (unpaired) electrons. The van der Waals surface area contributed by atoms with Crippen LogP contribution in [0.5, 0.6) is 23.0 Å². The van der Waals surface area contributed by atoms with Gasteiger partial charge in [0, 0.05) is 17.7 Å². The van der Waals surface area contributed by atoms with Crippen LogP contribution in [0.2, 0.25) is 0 Å². The molecule has 1 heterocycles. The van der Waals surface area contributed by atoms with Gasteiger partial charge in [-0.05, 0) is 17.7 Å². The molecule has 0 saturated heterocycles. The highest BCUT2D eigenvalue weighted by molar-refractivity contribution is 5.80. The molecular formula is C28H28O9. The van der Waals surface area contributed by atoms with Crippen LogP contribution in [0, 0.1) is 5.92 Å². The summed E-state index contributed by atoms with van der Waals surface area (Å²) in [5.74, 6) is -5.53. The van der Waals surface area contributed by atoms with Gasteiger partial charge in [-0.15, -0.1) is 0 Å². The van der Waals surface area contributed by atoms with E-state index in [-0.39, 0.29) is 17.1 Å². The van der Waals surface area contributed by atoms with Gasteiger partial charge in [0.05, 0.1) is 39.9 Å². The predicted octanol–water partition coefficient (Wildman–Crippen LogP) is 2.46. The van der Waals surface area contributed by atoms with Gasteiger partial charge in [0.25, 0.3) is 0 Å². The van der Waals surface area contributed by atoms with Crippen molar-refractivity contribution in [2.75, 3.05) is 28.4 Å². The van der Waals surface area contributed by atoms with Gasteiger partial charge in [0.2, 0.25) is 5.79 Å². The van der Waals surface area contributed by atoms with E-state index in [4.69, 9.17) is 23.7 Å². The fourth-order valence-corrected chi connectivity index (χ4v) is 5.93. The predicted molar refractivity (Wildman–Crippen MR) is 131 cm³/mol. The molecule has 0 amide bonds. The van der Waals surface area contributed by atoms with Crippen molar-refractivity contribution in [1.29, 1.82) is 0 Å². The molecule has 9 heteroatoms. The Kier molecular flexibility index (Phi) is 5.82. The molecule has 0 spiro atoms. The lowest BCUT2D eigenvalue weighted by Crippen LogP contribution is -2.65. The Hall–Kier alpha value is -3.79. The number of fused-ring (bicyclic) bond motifs is 4. The summed E-state index contributed by atoms with van der Waals surface area (Å²) in [5, 5.41) is 36.6. The summed E-state index contributed by atoms with van der Waals surface area (Å²) in [4.78, 5) is 13.5. The minimum atomic E-state index is -3.04. The fraction of sp³-hybridized carbons (Fsp3) is 0.321. The Balaban J connectivity index is 1.94. The van der Waals surface area contributed by atoms with E-state index in [2.05, 4.69) is 0 Å². The second-order valence-electron chi connectivity index (χ2n) is 9.10. The maximum atomic E-state index is 13.5. The van der Waals surface area contributed by atoms with E-state index in [9.17, 15) is 20.1 Å².